The van der Waals surface area contributed by atoms with Crippen LogP contribution in [0.3, 0.4) is 0 Å². The first-order chi connectivity index (χ1) is 10.3. The van der Waals surface area contributed by atoms with E-state index in [1.54, 1.807) is 0 Å². The standard InChI is InChI=1S/C16H26N2O3S/c1-15(2)12-5-6-16(15)10-22(20,21)18(13(16)7-12)9-14(19)17-8-11-3-4-11/h11-13H,3-10H2,1-2H3,(H,17,19)/t12-,13-,16+/m1/s1. The number of rotatable bonds is 4. The zero-order valence-corrected chi connectivity index (χ0v) is 14.3. The number of hydrogen-bond acceptors (Lipinski definition) is 3. The Morgan fingerprint density at radius 3 is 2.64 bits per heavy atom. The predicted molar refractivity (Wildman–Crippen MR) is 83.6 cm³/mol. The van der Waals surface area contributed by atoms with Gasteiger partial charge >= 0.3 is 0 Å². The Bertz CT molecular complexity index is 611. The second kappa shape index (κ2) is 4.47. The first-order valence-corrected chi connectivity index (χ1v) is 10.1. The van der Waals surface area contributed by atoms with Crippen LogP contribution < -0.4 is 5.32 Å². The third-order valence-corrected chi connectivity index (χ3v) is 9.10. The second-order valence-electron chi connectivity index (χ2n) is 8.41. The fraction of sp³-hybridized carbons (Fsp3) is 0.938. The average molecular weight is 326 g/mol. The number of nitrogens with zero attached hydrogens (tertiary/aromatic N) is 1. The lowest BCUT2D eigenvalue weighted by atomic mass is 9.69. The van der Waals surface area contributed by atoms with Gasteiger partial charge < -0.3 is 5.32 Å². The number of carbonyl (C=O) groups is 1. The largest absolute Gasteiger partial charge is 0.355 e. The van der Waals surface area contributed by atoms with E-state index in [1.807, 2.05) is 0 Å². The van der Waals surface area contributed by atoms with E-state index in [0.29, 0.717) is 18.4 Å². The zero-order chi connectivity index (χ0) is 15.8. The molecule has 0 aromatic carbocycles. The SMILES string of the molecule is CC1(C)[C@@H]2CC[C@@]13CS(=O)(=O)N(CC(=O)NCC1CC1)[C@@H]3C2. The summed E-state index contributed by atoms with van der Waals surface area (Å²) in [7, 11) is -3.31. The Labute approximate surface area is 132 Å². The van der Waals surface area contributed by atoms with Gasteiger partial charge in [0.25, 0.3) is 0 Å². The maximum absolute atomic E-state index is 12.7. The van der Waals surface area contributed by atoms with Crippen molar-refractivity contribution in [2.24, 2.45) is 22.7 Å². The molecule has 0 aromatic heterocycles. The minimum atomic E-state index is -3.31. The van der Waals surface area contributed by atoms with Crippen molar-refractivity contribution >= 4 is 15.9 Å². The molecule has 22 heavy (non-hydrogen) atoms. The Balaban J connectivity index is 1.54. The lowest BCUT2D eigenvalue weighted by Crippen LogP contribution is -2.45. The van der Waals surface area contributed by atoms with E-state index in [4.69, 9.17) is 0 Å². The summed E-state index contributed by atoms with van der Waals surface area (Å²) in [5, 5.41) is 2.91. The Kier molecular flexibility index (Phi) is 3.04. The highest BCUT2D eigenvalue weighted by Crippen LogP contribution is 2.69. The monoisotopic (exact) mass is 326 g/mol. The molecule has 1 saturated heterocycles. The van der Waals surface area contributed by atoms with E-state index in [2.05, 4.69) is 19.2 Å². The lowest BCUT2D eigenvalue weighted by molar-refractivity contribution is -0.121. The van der Waals surface area contributed by atoms with Crippen LogP contribution in [0, 0.1) is 22.7 Å². The first-order valence-electron chi connectivity index (χ1n) is 8.52. The van der Waals surface area contributed by atoms with Crippen molar-refractivity contribution in [1.29, 1.82) is 0 Å². The summed E-state index contributed by atoms with van der Waals surface area (Å²) in [5.74, 6) is 1.33. The molecule has 0 unspecified atom stereocenters. The zero-order valence-electron chi connectivity index (χ0n) is 13.5. The molecule has 1 aliphatic heterocycles. The molecule has 6 heteroatoms. The van der Waals surface area contributed by atoms with E-state index in [0.717, 1.165) is 19.3 Å². The molecular formula is C16H26N2O3S. The summed E-state index contributed by atoms with van der Waals surface area (Å²) in [6.45, 7) is 5.19. The van der Waals surface area contributed by atoms with E-state index in [1.165, 1.54) is 17.1 Å². The van der Waals surface area contributed by atoms with Crippen LogP contribution in [0.25, 0.3) is 0 Å². The molecule has 4 aliphatic rings. The normalized spacial score (nSPS) is 41.5. The van der Waals surface area contributed by atoms with Crippen LogP contribution >= 0.6 is 0 Å². The van der Waals surface area contributed by atoms with Crippen LogP contribution in [-0.2, 0) is 14.8 Å². The van der Waals surface area contributed by atoms with Crippen molar-refractivity contribution < 1.29 is 13.2 Å². The third-order valence-electron chi connectivity index (χ3n) is 7.12. The Morgan fingerprint density at radius 1 is 1.27 bits per heavy atom. The molecule has 3 aliphatic carbocycles. The van der Waals surface area contributed by atoms with E-state index >= 15 is 0 Å². The quantitative estimate of drug-likeness (QED) is 0.848. The molecule has 1 spiro atoms. The topological polar surface area (TPSA) is 66.5 Å². The van der Waals surface area contributed by atoms with Gasteiger partial charge in [-0.2, -0.15) is 4.31 Å². The molecule has 4 rings (SSSR count). The highest BCUT2D eigenvalue weighted by Gasteiger charge is 2.71. The summed E-state index contributed by atoms with van der Waals surface area (Å²) < 4.78 is 26.9. The van der Waals surface area contributed by atoms with Crippen molar-refractivity contribution in [3.05, 3.63) is 0 Å². The van der Waals surface area contributed by atoms with Gasteiger partial charge in [-0.3, -0.25) is 4.79 Å². The number of sulfonamides is 1. The summed E-state index contributed by atoms with van der Waals surface area (Å²) in [6, 6.07) is 0.0397. The van der Waals surface area contributed by atoms with E-state index in [-0.39, 0.29) is 35.1 Å². The highest BCUT2D eigenvalue weighted by atomic mass is 32.2. The molecule has 1 N–H and O–H groups in total. The molecular weight excluding hydrogens is 300 g/mol. The van der Waals surface area contributed by atoms with Crippen LogP contribution in [-0.4, -0.2) is 43.5 Å². The summed E-state index contributed by atoms with van der Waals surface area (Å²) in [4.78, 5) is 12.2. The van der Waals surface area contributed by atoms with Gasteiger partial charge in [0.05, 0.1) is 12.3 Å². The van der Waals surface area contributed by atoms with Crippen LogP contribution in [0.2, 0.25) is 0 Å². The third kappa shape index (κ3) is 1.92. The van der Waals surface area contributed by atoms with Crippen molar-refractivity contribution in [2.75, 3.05) is 18.8 Å². The number of carbonyl (C=O) groups excluding carboxylic acids is 1. The fourth-order valence-corrected chi connectivity index (χ4v) is 7.88. The minimum Gasteiger partial charge on any atom is -0.355 e. The van der Waals surface area contributed by atoms with Gasteiger partial charge in [-0.15, -0.1) is 0 Å². The number of amides is 1. The van der Waals surface area contributed by atoms with Gasteiger partial charge in [0.1, 0.15) is 0 Å². The van der Waals surface area contributed by atoms with Gasteiger partial charge in [0, 0.05) is 18.0 Å². The van der Waals surface area contributed by atoms with Crippen molar-refractivity contribution in [3.8, 4) is 0 Å². The molecule has 4 fully saturated rings. The van der Waals surface area contributed by atoms with Gasteiger partial charge in [-0.05, 0) is 49.4 Å². The maximum atomic E-state index is 12.7. The maximum Gasteiger partial charge on any atom is 0.235 e. The molecule has 124 valence electrons. The predicted octanol–water partition coefficient (Wildman–Crippen LogP) is 1.35. The van der Waals surface area contributed by atoms with Crippen LogP contribution in [0.5, 0.6) is 0 Å². The Hall–Kier alpha value is -0.620. The molecule has 3 atom stereocenters. The van der Waals surface area contributed by atoms with E-state index in [9.17, 15) is 13.2 Å². The van der Waals surface area contributed by atoms with Crippen molar-refractivity contribution in [2.45, 2.75) is 52.0 Å². The lowest BCUT2D eigenvalue weighted by Gasteiger charge is -2.37. The van der Waals surface area contributed by atoms with Gasteiger partial charge in [-0.25, -0.2) is 8.42 Å². The van der Waals surface area contributed by atoms with Crippen LogP contribution in [0.4, 0.5) is 0 Å². The molecule has 3 saturated carbocycles. The molecule has 0 radical (unpaired) electrons. The minimum absolute atomic E-state index is 0.0181. The highest BCUT2D eigenvalue weighted by molar-refractivity contribution is 7.89. The first kappa shape index (κ1) is 14.9. The molecule has 2 bridgehead atoms. The summed E-state index contributed by atoms with van der Waals surface area (Å²) in [6.07, 6.45) is 5.44. The molecule has 5 nitrogen and oxygen atoms in total. The van der Waals surface area contributed by atoms with Gasteiger partial charge in [0.2, 0.25) is 15.9 Å². The smallest absolute Gasteiger partial charge is 0.235 e. The van der Waals surface area contributed by atoms with Crippen molar-refractivity contribution in [1.82, 2.24) is 9.62 Å². The fourth-order valence-electron chi connectivity index (χ4n) is 5.36. The van der Waals surface area contributed by atoms with Gasteiger partial charge in [-0.1, -0.05) is 13.8 Å². The summed E-state index contributed by atoms with van der Waals surface area (Å²) >= 11 is 0. The second-order valence-corrected chi connectivity index (χ2v) is 10.3. The molecule has 1 amide bonds. The number of fused-ring (bicyclic) bond motifs is 1. The van der Waals surface area contributed by atoms with E-state index < -0.39 is 10.0 Å². The average Bonchev–Trinajstić information content (AvgIpc) is 3.15. The van der Waals surface area contributed by atoms with Crippen molar-refractivity contribution in [3.63, 3.8) is 0 Å². The van der Waals surface area contributed by atoms with Crippen LogP contribution in [0.15, 0.2) is 0 Å². The number of nitrogens with one attached hydrogen (secondary N) is 1. The Morgan fingerprint density at radius 2 is 2.00 bits per heavy atom. The summed E-state index contributed by atoms with van der Waals surface area (Å²) in [5.41, 5.74) is -0.0583. The number of hydrogen-bond donors (Lipinski definition) is 1. The molecule has 0 aromatic rings. The van der Waals surface area contributed by atoms with Crippen LogP contribution in [0.1, 0.15) is 46.0 Å². The molecule has 1 heterocycles. The van der Waals surface area contributed by atoms with Gasteiger partial charge in [0.15, 0.2) is 0 Å².